The molecule has 0 amide bonds. The molecule has 0 aliphatic rings. The number of alkyl halides is 3. The molecule has 2 heterocycles. The molecule has 7 nitrogen and oxygen atoms in total. The second-order valence-corrected chi connectivity index (χ2v) is 6.05. The molecule has 3 aromatic rings. The van der Waals surface area contributed by atoms with E-state index in [-0.39, 0.29) is 15.9 Å². The summed E-state index contributed by atoms with van der Waals surface area (Å²) in [7, 11) is -4.21. The molecule has 0 spiro atoms. The Morgan fingerprint density at radius 2 is 1.78 bits per heavy atom. The quantitative estimate of drug-likeness (QED) is 0.784. The molecular weight excluding hydrogens is 337 g/mol. The highest BCUT2D eigenvalue weighted by atomic mass is 32.2. The van der Waals surface area contributed by atoms with Crippen LogP contribution in [0.15, 0.2) is 45.9 Å². The van der Waals surface area contributed by atoms with Crippen molar-refractivity contribution in [3.05, 3.63) is 42.1 Å². The Morgan fingerprint density at radius 1 is 1.04 bits per heavy atom. The van der Waals surface area contributed by atoms with E-state index < -0.39 is 27.7 Å². The van der Waals surface area contributed by atoms with Crippen molar-refractivity contribution in [1.29, 1.82) is 0 Å². The standard InChI is InChI=1S/C12H7F3N4O3S/c13-12(14,15)9-5-2-6-10(16-9)19-23(20,21)8-4-1-3-7-11(8)18-22-17-7/h1-6H,(H,16,19). The summed E-state index contributed by atoms with van der Waals surface area (Å²) in [5.74, 6) is -0.465. The van der Waals surface area contributed by atoms with Crippen molar-refractivity contribution < 1.29 is 26.2 Å². The Labute approximate surface area is 127 Å². The van der Waals surface area contributed by atoms with Gasteiger partial charge in [0.1, 0.15) is 21.9 Å². The second-order valence-electron chi connectivity index (χ2n) is 4.40. The van der Waals surface area contributed by atoms with Crippen LogP contribution in [0.4, 0.5) is 19.0 Å². The van der Waals surface area contributed by atoms with Gasteiger partial charge in [-0.25, -0.2) is 18.0 Å². The van der Waals surface area contributed by atoms with Crippen LogP contribution in [0.3, 0.4) is 0 Å². The van der Waals surface area contributed by atoms with Gasteiger partial charge < -0.3 is 0 Å². The molecule has 1 aromatic carbocycles. The van der Waals surface area contributed by atoms with Crippen LogP contribution in [0.2, 0.25) is 0 Å². The van der Waals surface area contributed by atoms with Crippen molar-refractivity contribution in [3.8, 4) is 0 Å². The van der Waals surface area contributed by atoms with E-state index in [9.17, 15) is 21.6 Å². The minimum absolute atomic E-state index is 0.0352. The van der Waals surface area contributed by atoms with Gasteiger partial charge >= 0.3 is 6.18 Å². The predicted octanol–water partition coefficient (Wildman–Crippen LogP) is 2.44. The summed E-state index contributed by atoms with van der Waals surface area (Å²) in [4.78, 5) is 2.97. The third-order valence-electron chi connectivity index (χ3n) is 2.82. The molecule has 3 rings (SSSR count). The number of pyridine rings is 1. The highest BCUT2D eigenvalue weighted by molar-refractivity contribution is 7.93. The summed E-state index contributed by atoms with van der Waals surface area (Å²) in [5, 5.41) is 6.98. The smallest absolute Gasteiger partial charge is 0.263 e. The summed E-state index contributed by atoms with van der Waals surface area (Å²) >= 11 is 0. The van der Waals surface area contributed by atoms with Crippen LogP contribution in [-0.2, 0) is 16.2 Å². The van der Waals surface area contributed by atoms with E-state index >= 15 is 0 Å². The largest absolute Gasteiger partial charge is 0.433 e. The molecular formula is C12H7F3N4O3S. The topological polar surface area (TPSA) is 98.0 Å². The number of anilines is 1. The first-order valence-electron chi connectivity index (χ1n) is 6.06. The number of rotatable bonds is 3. The van der Waals surface area contributed by atoms with Crippen molar-refractivity contribution in [2.24, 2.45) is 0 Å². The van der Waals surface area contributed by atoms with Crippen LogP contribution in [0.5, 0.6) is 0 Å². The van der Waals surface area contributed by atoms with Crippen LogP contribution in [0.1, 0.15) is 5.69 Å². The summed E-state index contributed by atoms with van der Waals surface area (Å²) in [6.07, 6.45) is -4.68. The van der Waals surface area contributed by atoms with Gasteiger partial charge in [0.15, 0.2) is 5.52 Å². The molecule has 11 heteroatoms. The van der Waals surface area contributed by atoms with E-state index in [1.165, 1.54) is 18.2 Å². The molecule has 0 saturated carbocycles. The number of halogens is 3. The number of fused-ring (bicyclic) bond motifs is 1. The molecule has 23 heavy (non-hydrogen) atoms. The zero-order valence-corrected chi connectivity index (χ0v) is 11.9. The Morgan fingerprint density at radius 3 is 2.52 bits per heavy atom. The molecule has 0 aliphatic carbocycles. The van der Waals surface area contributed by atoms with Crippen molar-refractivity contribution in [2.45, 2.75) is 11.1 Å². The van der Waals surface area contributed by atoms with Gasteiger partial charge in [0.2, 0.25) is 0 Å². The first-order chi connectivity index (χ1) is 10.8. The fraction of sp³-hybridized carbons (Fsp3) is 0.0833. The Bertz CT molecular complexity index is 969. The highest BCUT2D eigenvalue weighted by Gasteiger charge is 2.33. The van der Waals surface area contributed by atoms with E-state index in [4.69, 9.17) is 0 Å². The van der Waals surface area contributed by atoms with Crippen LogP contribution in [-0.4, -0.2) is 23.7 Å². The van der Waals surface area contributed by atoms with Gasteiger partial charge in [0, 0.05) is 0 Å². The minimum atomic E-state index is -4.68. The first kappa shape index (κ1) is 15.2. The Kier molecular flexibility index (Phi) is 3.43. The van der Waals surface area contributed by atoms with E-state index in [0.29, 0.717) is 0 Å². The van der Waals surface area contributed by atoms with Crippen molar-refractivity contribution in [1.82, 2.24) is 15.3 Å². The van der Waals surface area contributed by atoms with Crippen LogP contribution >= 0.6 is 0 Å². The molecule has 2 aromatic heterocycles. The lowest BCUT2D eigenvalue weighted by atomic mass is 10.3. The van der Waals surface area contributed by atoms with Crippen molar-refractivity contribution in [3.63, 3.8) is 0 Å². The number of nitrogens with one attached hydrogen (secondary N) is 1. The number of sulfonamides is 1. The lowest BCUT2D eigenvalue weighted by Crippen LogP contribution is -2.16. The lowest BCUT2D eigenvalue weighted by molar-refractivity contribution is -0.141. The third kappa shape index (κ3) is 2.95. The van der Waals surface area contributed by atoms with Gasteiger partial charge in [-0.2, -0.15) is 13.2 Å². The normalized spacial score (nSPS) is 12.5. The van der Waals surface area contributed by atoms with Gasteiger partial charge in [-0.05, 0) is 34.6 Å². The van der Waals surface area contributed by atoms with Gasteiger partial charge in [-0.3, -0.25) is 4.72 Å². The Balaban J connectivity index is 2.01. The van der Waals surface area contributed by atoms with Gasteiger partial charge in [0.05, 0.1) is 0 Å². The van der Waals surface area contributed by atoms with Gasteiger partial charge in [0.25, 0.3) is 10.0 Å². The maximum Gasteiger partial charge on any atom is 0.433 e. The molecule has 0 unspecified atom stereocenters. The monoisotopic (exact) mass is 344 g/mol. The van der Waals surface area contributed by atoms with Crippen LogP contribution in [0, 0.1) is 0 Å². The molecule has 120 valence electrons. The van der Waals surface area contributed by atoms with E-state index in [0.717, 1.165) is 18.2 Å². The summed E-state index contributed by atoms with van der Waals surface area (Å²) in [6.45, 7) is 0. The highest BCUT2D eigenvalue weighted by Crippen LogP contribution is 2.29. The number of aromatic nitrogens is 3. The average Bonchev–Trinajstić information content (AvgIpc) is 2.94. The predicted molar refractivity (Wildman–Crippen MR) is 71.9 cm³/mol. The van der Waals surface area contributed by atoms with E-state index in [1.54, 1.807) is 0 Å². The maximum absolute atomic E-state index is 12.6. The van der Waals surface area contributed by atoms with Crippen LogP contribution < -0.4 is 4.72 Å². The molecule has 1 N–H and O–H groups in total. The average molecular weight is 344 g/mol. The SMILES string of the molecule is O=S(=O)(Nc1cccc(C(F)(F)F)n1)c1cccc2nonc12. The van der Waals surface area contributed by atoms with Crippen molar-refractivity contribution in [2.75, 3.05) is 4.72 Å². The fourth-order valence-electron chi connectivity index (χ4n) is 1.84. The second kappa shape index (κ2) is 5.19. The molecule has 0 fully saturated rings. The van der Waals surface area contributed by atoms with Gasteiger partial charge in [-0.1, -0.05) is 12.1 Å². The zero-order valence-electron chi connectivity index (χ0n) is 11.1. The molecule has 0 radical (unpaired) electrons. The third-order valence-corrected chi connectivity index (χ3v) is 4.20. The summed E-state index contributed by atoms with van der Waals surface area (Å²) < 4.78 is 69.0. The number of hydrogen-bond acceptors (Lipinski definition) is 6. The van der Waals surface area contributed by atoms with Crippen molar-refractivity contribution >= 4 is 26.9 Å². The van der Waals surface area contributed by atoms with Crippen LogP contribution in [0.25, 0.3) is 11.0 Å². The number of benzene rings is 1. The number of nitrogens with zero attached hydrogens (tertiary/aromatic N) is 3. The maximum atomic E-state index is 12.6. The Hall–Kier alpha value is -2.69. The number of hydrogen-bond donors (Lipinski definition) is 1. The molecule has 0 atom stereocenters. The van der Waals surface area contributed by atoms with Gasteiger partial charge in [-0.15, -0.1) is 0 Å². The van der Waals surface area contributed by atoms with E-state index in [2.05, 4.69) is 19.9 Å². The minimum Gasteiger partial charge on any atom is -0.263 e. The first-order valence-corrected chi connectivity index (χ1v) is 7.54. The summed E-state index contributed by atoms with van der Waals surface area (Å²) in [5.41, 5.74) is -1.05. The van der Waals surface area contributed by atoms with E-state index in [1.807, 2.05) is 4.72 Å². The molecule has 0 saturated heterocycles. The summed E-state index contributed by atoms with van der Waals surface area (Å²) in [6, 6.07) is 7.00. The lowest BCUT2D eigenvalue weighted by Gasteiger charge is -2.10. The fourth-order valence-corrected chi connectivity index (χ4v) is 2.99. The zero-order chi connectivity index (χ0) is 16.7. The molecule has 0 aliphatic heterocycles. The molecule has 0 bridgehead atoms.